The highest BCUT2D eigenvalue weighted by atomic mass is 32.2. The van der Waals surface area contributed by atoms with Crippen molar-refractivity contribution in [2.24, 2.45) is 28.9 Å². The second-order valence-corrected chi connectivity index (χ2v) is 10.5. The van der Waals surface area contributed by atoms with E-state index >= 15 is 0 Å². The number of hydrogen-bond donors (Lipinski definition) is 2. The molecule has 1 aromatic carbocycles. The van der Waals surface area contributed by atoms with Gasteiger partial charge in [-0.2, -0.15) is 0 Å². The van der Waals surface area contributed by atoms with Gasteiger partial charge in [0.25, 0.3) is 0 Å². The first-order valence-corrected chi connectivity index (χ1v) is 11.8. The molecule has 5 nitrogen and oxygen atoms in total. The summed E-state index contributed by atoms with van der Waals surface area (Å²) in [5.41, 5.74) is 6.34. The third-order valence-corrected chi connectivity index (χ3v) is 8.72. The maximum atomic E-state index is 13.5. The monoisotopic (exact) mass is 417 g/mol. The lowest BCUT2D eigenvalue weighted by Crippen LogP contribution is -2.63. The van der Waals surface area contributed by atoms with Gasteiger partial charge in [0.15, 0.2) is 0 Å². The minimum atomic E-state index is -0.329. The predicted octanol–water partition coefficient (Wildman–Crippen LogP) is 2.50. The number of hydrogen-bond acceptors (Lipinski definition) is 4. The van der Waals surface area contributed by atoms with Crippen LogP contribution in [-0.2, 0) is 16.1 Å². The highest BCUT2D eigenvalue weighted by molar-refractivity contribution is 7.99. The molecule has 3 unspecified atom stereocenters. The van der Waals surface area contributed by atoms with Crippen molar-refractivity contribution in [3.05, 3.63) is 35.6 Å². The van der Waals surface area contributed by atoms with Crippen LogP contribution in [0.3, 0.4) is 0 Å². The van der Waals surface area contributed by atoms with Crippen LogP contribution in [0.5, 0.6) is 0 Å². The summed E-state index contributed by atoms with van der Waals surface area (Å²) in [6.07, 6.45) is 4.79. The molecule has 0 aromatic heterocycles. The molecule has 4 aliphatic carbocycles. The van der Waals surface area contributed by atoms with Crippen molar-refractivity contribution in [2.75, 3.05) is 11.6 Å². The summed E-state index contributed by atoms with van der Waals surface area (Å²) in [6, 6.07) is 6.57. The minimum Gasteiger partial charge on any atom is -0.369 e. The Balaban J connectivity index is 1.26. The zero-order valence-corrected chi connectivity index (χ0v) is 17.3. The zero-order valence-electron chi connectivity index (χ0n) is 16.5. The first kappa shape index (κ1) is 19.4. The Labute approximate surface area is 175 Å². The van der Waals surface area contributed by atoms with Crippen molar-refractivity contribution in [2.45, 2.75) is 50.7 Å². The van der Waals surface area contributed by atoms with Crippen molar-refractivity contribution in [1.29, 1.82) is 0 Å². The van der Waals surface area contributed by atoms with Crippen molar-refractivity contribution in [3.63, 3.8) is 0 Å². The lowest BCUT2D eigenvalue weighted by molar-refractivity contribution is -0.148. The molecule has 1 heterocycles. The molecule has 29 heavy (non-hydrogen) atoms. The summed E-state index contributed by atoms with van der Waals surface area (Å²) in [4.78, 5) is 27.5. The quantitative estimate of drug-likeness (QED) is 0.772. The standard InChI is InChI=1S/C22H28FN3O2S/c23-17-3-1-2-13(6-17)10-26-12-29-11-18(26)20(27)25-19-15-4-14-5-16(19)9-22(7-14,8-15)21(24)28/h1-3,6,14-16,18-19H,4-5,7-12H2,(H2,24,28)(H,25,27). The van der Waals surface area contributed by atoms with Gasteiger partial charge in [0.1, 0.15) is 5.82 Å². The van der Waals surface area contributed by atoms with Crippen LogP contribution in [0.2, 0.25) is 0 Å². The molecule has 0 spiro atoms. The fourth-order valence-corrected chi connectivity index (χ4v) is 7.76. The van der Waals surface area contributed by atoms with Gasteiger partial charge < -0.3 is 11.1 Å². The van der Waals surface area contributed by atoms with Gasteiger partial charge in [-0.15, -0.1) is 11.8 Å². The Morgan fingerprint density at radius 3 is 2.69 bits per heavy atom. The predicted molar refractivity (Wildman–Crippen MR) is 110 cm³/mol. The molecule has 156 valence electrons. The van der Waals surface area contributed by atoms with Gasteiger partial charge >= 0.3 is 0 Å². The third-order valence-electron chi connectivity index (χ3n) is 7.66. The van der Waals surface area contributed by atoms with E-state index in [4.69, 9.17) is 5.73 Å². The fourth-order valence-electron chi connectivity index (χ4n) is 6.57. The summed E-state index contributed by atoms with van der Waals surface area (Å²) < 4.78 is 13.5. The smallest absolute Gasteiger partial charge is 0.238 e. The van der Waals surface area contributed by atoms with Gasteiger partial charge in [0.2, 0.25) is 11.8 Å². The van der Waals surface area contributed by atoms with E-state index in [-0.39, 0.29) is 35.1 Å². The highest BCUT2D eigenvalue weighted by Gasteiger charge is 2.58. The number of primary amides is 1. The summed E-state index contributed by atoms with van der Waals surface area (Å²) in [5, 5.41) is 3.37. The van der Waals surface area contributed by atoms with E-state index in [0.717, 1.165) is 49.3 Å². The van der Waals surface area contributed by atoms with Crippen LogP contribution >= 0.6 is 11.8 Å². The molecule has 5 fully saturated rings. The Morgan fingerprint density at radius 1 is 1.24 bits per heavy atom. The van der Waals surface area contributed by atoms with Gasteiger partial charge in [-0.3, -0.25) is 14.5 Å². The normalized spacial score (nSPS) is 38.3. The van der Waals surface area contributed by atoms with E-state index in [1.54, 1.807) is 23.9 Å². The molecular formula is C22H28FN3O2S. The highest BCUT2D eigenvalue weighted by Crippen LogP contribution is 2.59. The minimum absolute atomic E-state index is 0.0806. The second-order valence-electron chi connectivity index (χ2n) is 9.54. The maximum absolute atomic E-state index is 13.5. The zero-order chi connectivity index (χ0) is 20.2. The molecule has 4 saturated carbocycles. The van der Waals surface area contributed by atoms with E-state index in [0.29, 0.717) is 24.3 Å². The summed E-state index contributed by atoms with van der Waals surface area (Å²) in [5.74, 6) is 2.54. The number of amides is 2. The number of carbonyl (C=O) groups excluding carboxylic acids is 2. The largest absolute Gasteiger partial charge is 0.369 e. The Hall–Kier alpha value is -1.60. The van der Waals surface area contributed by atoms with E-state index in [1.807, 2.05) is 6.07 Å². The van der Waals surface area contributed by atoms with Crippen LogP contribution in [0.25, 0.3) is 0 Å². The van der Waals surface area contributed by atoms with Gasteiger partial charge in [0, 0.05) is 29.6 Å². The molecule has 6 rings (SSSR count). The van der Waals surface area contributed by atoms with E-state index in [9.17, 15) is 14.0 Å². The summed E-state index contributed by atoms with van der Waals surface area (Å²) >= 11 is 1.75. The van der Waals surface area contributed by atoms with Gasteiger partial charge in [-0.1, -0.05) is 12.1 Å². The van der Waals surface area contributed by atoms with Crippen molar-refractivity contribution < 1.29 is 14.0 Å². The maximum Gasteiger partial charge on any atom is 0.238 e. The number of halogens is 1. The first-order valence-electron chi connectivity index (χ1n) is 10.6. The Kier molecular flexibility index (Phi) is 4.86. The summed E-state index contributed by atoms with van der Waals surface area (Å²) in [6.45, 7) is 0.577. The van der Waals surface area contributed by atoms with Gasteiger partial charge in [0.05, 0.1) is 6.04 Å². The molecule has 3 atom stereocenters. The van der Waals surface area contributed by atoms with Crippen LogP contribution in [0, 0.1) is 29.0 Å². The van der Waals surface area contributed by atoms with Gasteiger partial charge in [-0.05, 0) is 67.6 Å². The van der Waals surface area contributed by atoms with E-state index in [2.05, 4.69) is 10.2 Å². The molecule has 1 aliphatic heterocycles. The van der Waals surface area contributed by atoms with Crippen LogP contribution < -0.4 is 11.1 Å². The molecule has 1 aromatic rings. The number of nitrogens with zero attached hydrogens (tertiary/aromatic N) is 1. The molecule has 1 saturated heterocycles. The second kappa shape index (κ2) is 7.27. The Morgan fingerprint density at radius 2 is 2.00 bits per heavy atom. The third kappa shape index (κ3) is 3.46. The lowest BCUT2D eigenvalue weighted by atomic mass is 9.47. The topological polar surface area (TPSA) is 75.4 Å². The van der Waals surface area contributed by atoms with Crippen LogP contribution in [-0.4, -0.2) is 40.4 Å². The number of rotatable bonds is 5. The molecular weight excluding hydrogens is 389 g/mol. The molecule has 0 radical (unpaired) electrons. The van der Waals surface area contributed by atoms with Crippen molar-refractivity contribution >= 4 is 23.6 Å². The summed E-state index contributed by atoms with van der Waals surface area (Å²) in [7, 11) is 0. The molecule has 7 heteroatoms. The molecule has 2 amide bonds. The number of thioether (sulfide) groups is 1. The van der Waals surface area contributed by atoms with Gasteiger partial charge in [-0.25, -0.2) is 4.39 Å². The average molecular weight is 418 g/mol. The number of benzene rings is 1. The van der Waals surface area contributed by atoms with Crippen LogP contribution in [0.4, 0.5) is 4.39 Å². The van der Waals surface area contributed by atoms with Crippen molar-refractivity contribution in [1.82, 2.24) is 10.2 Å². The van der Waals surface area contributed by atoms with Crippen LogP contribution in [0.15, 0.2) is 24.3 Å². The van der Waals surface area contributed by atoms with E-state index in [1.165, 1.54) is 6.07 Å². The molecule has 5 aliphatic rings. The van der Waals surface area contributed by atoms with E-state index < -0.39 is 0 Å². The number of nitrogens with one attached hydrogen (secondary N) is 1. The first-order chi connectivity index (χ1) is 13.9. The van der Waals surface area contributed by atoms with Crippen LogP contribution in [0.1, 0.15) is 37.7 Å². The lowest BCUT2D eigenvalue weighted by Gasteiger charge is -2.59. The average Bonchev–Trinajstić information content (AvgIpc) is 3.12. The van der Waals surface area contributed by atoms with Crippen molar-refractivity contribution in [3.8, 4) is 0 Å². The molecule has 4 bridgehead atoms. The SMILES string of the molecule is NC(=O)C12CC3CC(C1)C(NC(=O)C1CSCN1Cc1cccc(F)c1)C(C3)C2. The number of carbonyl (C=O) groups is 2. The molecule has 3 N–H and O–H groups in total. The fraction of sp³-hybridized carbons (Fsp3) is 0.636. The Bertz CT molecular complexity index is 818. The number of nitrogens with two attached hydrogens (primary N) is 1.